The van der Waals surface area contributed by atoms with Crippen molar-refractivity contribution in [1.29, 1.82) is 0 Å². The van der Waals surface area contributed by atoms with Gasteiger partial charge in [-0.15, -0.1) is 0 Å². The fraction of sp³-hybridized carbons (Fsp3) is 0.333. The maximum absolute atomic E-state index is 12.2. The molecule has 2 rings (SSSR count). The summed E-state index contributed by atoms with van der Waals surface area (Å²) in [5, 5.41) is 9.32. The van der Waals surface area contributed by atoms with Crippen molar-refractivity contribution < 1.29 is 24.2 Å². The molecule has 1 heterocycles. The average molecular weight is 291 g/mol. The number of benzene rings is 1. The highest BCUT2D eigenvalue weighted by Crippen LogP contribution is 2.34. The fourth-order valence-corrected chi connectivity index (χ4v) is 2.37. The second-order valence-electron chi connectivity index (χ2n) is 4.62. The van der Waals surface area contributed by atoms with Gasteiger partial charge in [0.05, 0.1) is 12.8 Å². The Hall–Kier alpha value is -2.50. The van der Waals surface area contributed by atoms with Gasteiger partial charge in [0.25, 0.3) is 0 Å². The minimum atomic E-state index is -1.05. The summed E-state index contributed by atoms with van der Waals surface area (Å²) in [7, 11) is 1.56. The van der Waals surface area contributed by atoms with Crippen LogP contribution < -0.4 is 9.64 Å². The molecule has 1 aromatic rings. The normalized spacial score (nSPS) is 16.8. The van der Waals surface area contributed by atoms with Crippen LogP contribution in [-0.4, -0.2) is 36.9 Å². The predicted molar refractivity (Wildman–Crippen MR) is 76.8 cm³/mol. The predicted octanol–water partition coefficient (Wildman–Crippen LogP) is 2.22. The number of hydrogen-bond donors (Lipinski definition) is 1. The Morgan fingerprint density at radius 2 is 2.29 bits per heavy atom. The Kier molecular flexibility index (Phi) is 4.47. The Morgan fingerprint density at radius 3 is 2.90 bits per heavy atom. The zero-order valence-corrected chi connectivity index (χ0v) is 11.7. The van der Waals surface area contributed by atoms with Crippen molar-refractivity contribution in [2.45, 2.75) is 18.9 Å². The van der Waals surface area contributed by atoms with Gasteiger partial charge in [0.1, 0.15) is 18.4 Å². The van der Waals surface area contributed by atoms with Crippen LogP contribution >= 0.6 is 0 Å². The largest absolute Gasteiger partial charge is 0.497 e. The average Bonchev–Trinajstić information content (AvgIpc) is 2.50. The van der Waals surface area contributed by atoms with Gasteiger partial charge in [-0.3, -0.25) is 4.90 Å². The van der Waals surface area contributed by atoms with Gasteiger partial charge in [-0.1, -0.05) is 12.7 Å². The second kappa shape index (κ2) is 6.30. The number of carbonyl (C=O) groups excluding carboxylic acids is 1. The van der Waals surface area contributed by atoms with Crippen LogP contribution in [0, 0.1) is 0 Å². The Balaban J connectivity index is 2.38. The van der Waals surface area contributed by atoms with E-state index in [4.69, 9.17) is 9.47 Å². The molecule has 0 saturated heterocycles. The van der Waals surface area contributed by atoms with Gasteiger partial charge in [-0.2, -0.15) is 0 Å². The van der Waals surface area contributed by atoms with E-state index in [0.717, 1.165) is 5.56 Å². The van der Waals surface area contributed by atoms with E-state index < -0.39 is 18.1 Å². The zero-order valence-electron chi connectivity index (χ0n) is 11.7. The van der Waals surface area contributed by atoms with Crippen LogP contribution in [0.4, 0.5) is 10.5 Å². The molecule has 0 spiro atoms. The maximum atomic E-state index is 12.2. The van der Waals surface area contributed by atoms with Crippen molar-refractivity contribution in [2.24, 2.45) is 0 Å². The number of carbonyl (C=O) groups is 2. The van der Waals surface area contributed by atoms with Crippen molar-refractivity contribution in [1.82, 2.24) is 0 Å². The van der Waals surface area contributed by atoms with Gasteiger partial charge < -0.3 is 14.6 Å². The summed E-state index contributed by atoms with van der Waals surface area (Å²) in [6.07, 6.45) is 1.65. The van der Waals surface area contributed by atoms with Crippen molar-refractivity contribution in [3.63, 3.8) is 0 Å². The number of fused-ring (bicyclic) bond motifs is 1. The first-order valence-electron chi connectivity index (χ1n) is 6.55. The van der Waals surface area contributed by atoms with E-state index in [0.29, 0.717) is 24.3 Å². The molecule has 1 atom stereocenters. The molecule has 0 aromatic heterocycles. The minimum Gasteiger partial charge on any atom is -0.497 e. The molecule has 0 aliphatic carbocycles. The number of carboxylic acid groups (broad SMARTS) is 1. The summed E-state index contributed by atoms with van der Waals surface area (Å²) in [6.45, 7) is 3.51. The third-order valence-electron chi connectivity index (χ3n) is 3.35. The molecule has 112 valence electrons. The molecule has 1 aromatic carbocycles. The number of aryl methyl sites for hydroxylation is 1. The number of aliphatic carboxylic acids is 1. The van der Waals surface area contributed by atoms with Crippen LogP contribution in [0.25, 0.3) is 0 Å². The molecule has 1 amide bonds. The molecule has 1 unspecified atom stereocenters. The van der Waals surface area contributed by atoms with E-state index in [2.05, 4.69) is 6.58 Å². The number of methoxy groups -OCH3 is 1. The standard InChI is InChI=1S/C15H17NO5/c1-3-8-21-15(19)16-12-7-5-11(20-2)9-10(12)4-6-13(16)14(17)18/h3,5,7,9,13H,1,4,6,8H2,2H3,(H,17,18). The number of carboxylic acids is 1. The number of amides is 1. The van der Waals surface area contributed by atoms with Crippen LogP contribution in [0.1, 0.15) is 12.0 Å². The first-order chi connectivity index (χ1) is 10.1. The van der Waals surface area contributed by atoms with Crippen molar-refractivity contribution in [2.75, 3.05) is 18.6 Å². The number of rotatable bonds is 4. The lowest BCUT2D eigenvalue weighted by atomic mass is 9.96. The molecule has 1 N–H and O–H groups in total. The first kappa shape index (κ1) is 14.9. The lowest BCUT2D eigenvalue weighted by Crippen LogP contribution is -2.48. The van der Waals surface area contributed by atoms with Gasteiger partial charge >= 0.3 is 12.1 Å². The summed E-state index contributed by atoms with van der Waals surface area (Å²) in [5.41, 5.74) is 1.41. The lowest BCUT2D eigenvalue weighted by molar-refractivity contribution is -0.138. The molecule has 21 heavy (non-hydrogen) atoms. The zero-order chi connectivity index (χ0) is 15.4. The fourth-order valence-electron chi connectivity index (χ4n) is 2.37. The topological polar surface area (TPSA) is 76.1 Å². The summed E-state index contributed by atoms with van der Waals surface area (Å²) in [4.78, 5) is 24.7. The van der Waals surface area contributed by atoms with Gasteiger partial charge in [0, 0.05) is 0 Å². The van der Waals surface area contributed by atoms with Gasteiger partial charge in [0.15, 0.2) is 0 Å². The molecular weight excluding hydrogens is 274 g/mol. The van der Waals surface area contributed by atoms with Crippen molar-refractivity contribution in [3.8, 4) is 5.75 Å². The smallest absolute Gasteiger partial charge is 0.415 e. The third-order valence-corrected chi connectivity index (χ3v) is 3.35. The van der Waals surface area contributed by atoms with E-state index in [1.165, 1.54) is 11.0 Å². The van der Waals surface area contributed by atoms with Gasteiger partial charge in [-0.25, -0.2) is 9.59 Å². The highest BCUT2D eigenvalue weighted by atomic mass is 16.6. The highest BCUT2D eigenvalue weighted by Gasteiger charge is 2.36. The number of ether oxygens (including phenoxy) is 2. The van der Waals surface area contributed by atoms with Crippen LogP contribution in [0.5, 0.6) is 5.75 Å². The number of nitrogens with zero attached hydrogens (tertiary/aromatic N) is 1. The molecule has 0 fully saturated rings. The SMILES string of the molecule is C=CCOC(=O)N1c2ccc(OC)cc2CCC1C(=O)O. The highest BCUT2D eigenvalue weighted by molar-refractivity contribution is 5.96. The molecule has 1 aliphatic rings. The van der Waals surface area contributed by atoms with E-state index >= 15 is 0 Å². The molecule has 6 heteroatoms. The van der Waals surface area contributed by atoms with E-state index in [1.807, 2.05) is 0 Å². The van der Waals surface area contributed by atoms with Crippen LogP contribution in [-0.2, 0) is 16.0 Å². The monoisotopic (exact) mass is 291 g/mol. The van der Waals surface area contributed by atoms with Gasteiger partial charge in [0.2, 0.25) is 0 Å². The Labute approximate surface area is 122 Å². The Morgan fingerprint density at radius 1 is 1.52 bits per heavy atom. The van der Waals surface area contributed by atoms with Crippen LogP contribution in [0.15, 0.2) is 30.9 Å². The summed E-state index contributed by atoms with van der Waals surface area (Å²) >= 11 is 0. The minimum absolute atomic E-state index is 0.0349. The first-order valence-corrected chi connectivity index (χ1v) is 6.55. The van der Waals surface area contributed by atoms with Crippen molar-refractivity contribution >= 4 is 17.7 Å². The van der Waals surface area contributed by atoms with Gasteiger partial charge in [-0.05, 0) is 36.6 Å². The summed E-state index contributed by atoms with van der Waals surface area (Å²) < 4.78 is 10.1. The van der Waals surface area contributed by atoms with E-state index in [-0.39, 0.29) is 6.61 Å². The molecule has 0 saturated carbocycles. The van der Waals surface area contributed by atoms with Crippen LogP contribution in [0.3, 0.4) is 0 Å². The Bertz CT molecular complexity index is 569. The third kappa shape index (κ3) is 2.99. The molecule has 0 bridgehead atoms. The number of hydrogen-bond acceptors (Lipinski definition) is 4. The summed E-state index contributed by atoms with van der Waals surface area (Å²) in [5.74, 6) is -0.381. The molecule has 1 aliphatic heterocycles. The van der Waals surface area contributed by atoms with E-state index in [1.54, 1.807) is 25.3 Å². The lowest BCUT2D eigenvalue weighted by Gasteiger charge is -2.34. The number of anilines is 1. The van der Waals surface area contributed by atoms with E-state index in [9.17, 15) is 14.7 Å². The quantitative estimate of drug-likeness (QED) is 0.861. The maximum Gasteiger partial charge on any atom is 0.415 e. The summed E-state index contributed by atoms with van der Waals surface area (Å²) in [6, 6.07) is 4.25. The van der Waals surface area contributed by atoms with Crippen LogP contribution in [0.2, 0.25) is 0 Å². The molecule has 0 radical (unpaired) electrons. The molecular formula is C15H17NO5. The second-order valence-corrected chi connectivity index (χ2v) is 4.62. The van der Waals surface area contributed by atoms with Crippen molar-refractivity contribution in [3.05, 3.63) is 36.4 Å². The molecule has 6 nitrogen and oxygen atoms in total.